The van der Waals surface area contributed by atoms with Crippen molar-refractivity contribution in [2.24, 2.45) is 0 Å². The van der Waals surface area contributed by atoms with Gasteiger partial charge in [-0.2, -0.15) is 4.72 Å². The van der Waals surface area contributed by atoms with E-state index < -0.39 is 28.0 Å². The van der Waals surface area contributed by atoms with Gasteiger partial charge < -0.3 is 24.6 Å². The van der Waals surface area contributed by atoms with Crippen LogP contribution in [-0.2, 0) is 33.9 Å². The summed E-state index contributed by atoms with van der Waals surface area (Å²) in [5.74, 6) is -0.645. The van der Waals surface area contributed by atoms with Gasteiger partial charge in [-0.3, -0.25) is 14.4 Å². The van der Waals surface area contributed by atoms with Crippen LogP contribution < -0.4 is 10.0 Å². The Labute approximate surface area is 232 Å². The lowest BCUT2D eigenvalue weighted by molar-refractivity contribution is -0.148. The zero-order valence-corrected chi connectivity index (χ0v) is 23.4. The Bertz CT molecular complexity index is 1320. The minimum absolute atomic E-state index is 0.0489. The first-order chi connectivity index (χ1) is 18.6. The number of sulfonamides is 1. The van der Waals surface area contributed by atoms with Crippen LogP contribution in [0, 0.1) is 0 Å². The van der Waals surface area contributed by atoms with Gasteiger partial charge in [0.25, 0.3) is 6.47 Å². The number of nitrogens with zero attached hydrogens (tertiary/aromatic N) is 2. The normalized spacial score (nSPS) is 21.7. The minimum Gasteiger partial charge on any atom is -0.464 e. The second kappa shape index (κ2) is 12.6. The van der Waals surface area contributed by atoms with Gasteiger partial charge in [0.05, 0.1) is 17.6 Å². The molecule has 2 fully saturated rings. The monoisotopic (exact) mass is 580 g/mol. The van der Waals surface area contributed by atoms with Crippen LogP contribution in [0.3, 0.4) is 0 Å². The van der Waals surface area contributed by atoms with Crippen molar-refractivity contribution in [3.05, 3.63) is 41.4 Å². The van der Waals surface area contributed by atoms with Gasteiger partial charge in [0.15, 0.2) is 0 Å². The molecule has 39 heavy (non-hydrogen) atoms. The molecule has 2 heterocycles. The van der Waals surface area contributed by atoms with Crippen LogP contribution >= 0.6 is 11.6 Å². The van der Waals surface area contributed by atoms with Crippen molar-refractivity contribution in [1.29, 1.82) is 0 Å². The van der Waals surface area contributed by atoms with Crippen LogP contribution in [0.4, 0.5) is 0 Å². The third kappa shape index (κ3) is 7.06. The summed E-state index contributed by atoms with van der Waals surface area (Å²) in [5, 5.41) is 5.23. The highest BCUT2D eigenvalue weighted by Crippen LogP contribution is 2.24. The number of benzene rings is 2. The van der Waals surface area contributed by atoms with Crippen molar-refractivity contribution in [2.75, 3.05) is 39.3 Å². The number of ether oxygens (including phenoxy) is 2. The van der Waals surface area contributed by atoms with Crippen molar-refractivity contribution in [3.63, 3.8) is 0 Å². The fourth-order valence-electron chi connectivity index (χ4n) is 4.84. The van der Waals surface area contributed by atoms with Gasteiger partial charge in [-0.1, -0.05) is 23.7 Å². The maximum Gasteiger partial charge on any atom is 0.293 e. The molecule has 11 nitrogen and oxygen atoms in total. The van der Waals surface area contributed by atoms with Gasteiger partial charge in [-0.15, -0.1) is 0 Å². The first kappa shape index (κ1) is 29.2. The molecule has 212 valence electrons. The SMILES string of the molecule is CC(CNCC1CN(C(=O)[C@H](C)N2CC[C@H](NS(=O)(=O)c3ccc4cc(Cl)ccc4c3)C2=O)CCO1)OC=O. The van der Waals surface area contributed by atoms with E-state index in [1.807, 2.05) is 0 Å². The molecule has 0 spiro atoms. The highest BCUT2D eigenvalue weighted by molar-refractivity contribution is 7.89. The number of nitrogens with one attached hydrogen (secondary N) is 2. The second-order valence-electron chi connectivity index (χ2n) is 9.80. The molecule has 4 rings (SSSR count). The zero-order valence-electron chi connectivity index (χ0n) is 21.8. The maximum absolute atomic E-state index is 13.3. The molecule has 2 N–H and O–H groups in total. The van der Waals surface area contributed by atoms with Crippen molar-refractivity contribution in [1.82, 2.24) is 19.8 Å². The summed E-state index contributed by atoms with van der Waals surface area (Å²) in [4.78, 5) is 40.0. The zero-order chi connectivity index (χ0) is 28.2. The molecule has 2 unspecified atom stereocenters. The predicted molar refractivity (Wildman–Crippen MR) is 145 cm³/mol. The molecular formula is C26H33ClN4O7S. The van der Waals surface area contributed by atoms with E-state index in [-0.39, 0.29) is 36.0 Å². The third-order valence-corrected chi connectivity index (χ3v) is 8.69. The number of halogens is 1. The Morgan fingerprint density at radius 2 is 1.95 bits per heavy atom. The number of amides is 2. The molecule has 2 saturated heterocycles. The molecule has 4 atom stereocenters. The number of carbonyl (C=O) groups excluding carboxylic acids is 3. The maximum atomic E-state index is 13.3. The van der Waals surface area contributed by atoms with Crippen LogP contribution in [0.5, 0.6) is 0 Å². The summed E-state index contributed by atoms with van der Waals surface area (Å²) in [7, 11) is -3.97. The fraction of sp³-hybridized carbons (Fsp3) is 0.500. The number of hydrogen-bond donors (Lipinski definition) is 2. The molecule has 2 aromatic rings. The first-order valence-electron chi connectivity index (χ1n) is 12.8. The van der Waals surface area contributed by atoms with Crippen molar-refractivity contribution < 1.29 is 32.3 Å². The lowest BCUT2D eigenvalue weighted by Crippen LogP contribution is -2.55. The Morgan fingerprint density at radius 1 is 1.21 bits per heavy atom. The topological polar surface area (TPSA) is 134 Å². The van der Waals surface area contributed by atoms with E-state index >= 15 is 0 Å². The molecule has 2 aliphatic heterocycles. The smallest absolute Gasteiger partial charge is 0.293 e. The van der Waals surface area contributed by atoms with Crippen LogP contribution in [-0.4, -0.2) is 100 Å². The van der Waals surface area contributed by atoms with E-state index in [1.165, 1.54) is 17.0 Å². The largest absolute Gasteiger partial charge is 0.464 e. The summed E-state index contributed by atoms with van der Waals surface area (Å²) in [6, 6.07) is 8.15. The van der Waals surface area contributed by atoms with E-state index in [9.17, 15) is 22.8 Å². The quantitative estimate of drug-likeness (QED) is 0.378. The minimum atomic E-state index is -3.97. The van der Waals surface area contributed by atoms with Crippen LogP contribution in [0.2, 0.25) is 5.02 Å². The van der Waals surface area contributed by atoms with E-state index in [4.69, 9.17) is 21.1 Å². The molecule has 2 aliphatic rings. The summed E-state index contributed by atoms with van der Waals surface area (Å²) in [6.07, 6.45) is -0.267. The van der Waals surface area contributed by atoms with E-state index in [2.05, 4.69) is 10.0 Å². The molecule has 0 saturated carbocycles. The van der Waals surface area contributed by atoms with Gasteiger partial charge in [-0.05, 0) is 55.3 Å². The summed E-state index contributed by atoms with van der Waals surface area (Å²) < 4.78 is 39.3. The van der Waals surface area contributed by atoms with Crippen LogP contribution in [0.1, 0.15) is 20.3 Å². The summed E-state index contributed by atoms with van der Waals surface area (Å²) in [6.45, 7) is 6.13. The van der Waals surface area contributed by atoms with Gasteiger partial charge >= 0.3 is 0 Å². The second-order valence-corrected chi connectivity index (χ2v) is 12.0. The summed E-state index contributed by atoms with van der Waals surface area (Å²) in [5.41, 5.74) is 0. The number of morpholine rings is 1. The lowest BCUT2D eigenvalue weighted by atomic mass is 10.1. The van der Waals surface area contributed by atoms with E-state index in [1.54, 1.807) is 43.0 Å². The Morgan fingerprint density at radius 3 is 2.72 bits per heavy atom. The van der Waals surface area contributed by atoms with Gasteiger partial charge in [0, 0.05) is 37.7 Å². The number of rotatable bonds is 11. The standard InChI is InChI=1S/C26H33ClN4O7S/c1-17(38-16-32)13-28-14-22-15-30(9-10-37-22)25(33)18(2)31-8-7-24(26(31)34)29-39(35,36)23-6-4-19-11-21(27)5-3-20(19)12-23/h3-6,11-12,16-18,22,24,28-29H,7-10,13-15H2,1-2H3/t17?,18-,22?,24-/m0/s1. The van der Waals surface area contributed by atoms with E-state index in [0.29, 0.717) is 49.7 Å². The number of carbonyl (C=O) groups is 3. The van der Waals surface area contributed by atoms with Gasteiger partial charge in [-0.25, -0.2) is 8.42 Å². The number of likely N-dealkylation sites (tertiary alicyclic amines) is 1. The molecule has 0 bridgehead atoms. The molecule has 0 aliphatic carbocycles. The predicted octanol–water partition coefficient (Wildman–Crippen LogP) is 1.14. The molecule has 0 aromatic heterocycles. The number of fused-ring (bicyclic) bond motifs is 1. The molecule has 0 radical (unpaired) electrons. The summed E-state index contributed by atoms with van der Waals surface area (Å²) >= 11 is 6.01. The average molecular weight is 581 g/mol. The van der Waals surface area contributed by atoms with Crippen LogP contribution in [0.15, 0.2) is 41.3 Å². The highest BCUT2D eigenvalue weighted by atomic mass is 35.5. The highest BCUT2D eigenvalue weighted by Gasteiger charge is 2.40. The van der Waals surface area contributed by atoms with Crippen LogP contribution in [0.25, 0.3) is 10.8 Å². The van der Waals surface area contributed by atoms with Gasteiger partial charge in [0.2, 0.25) is 21.8 Å². The van der Waals surface area contributed by atoms with Crippen molar-refractivity contribution in [3.8, 4) is 0 Å². The average Bonchev–Trinajstić information content (AvgIpc) is 3.26. The lowest BCUT2D eigenvalue weighted by Gasteiger charge is -2.36. The van der Waals surface area contributed by atoms with Crippen molar-refractivity contribution in [2.45, 2.75) is 49.5 Å². The molecule has 13 heteroatoms. The molecule has 2 aromatic carbocycles. The Balaban J connectivity index is 1.33. The Kier molecular flexibility index (Phi) is 9.44. The molecular weight excluding hydrogens is 548 g/mol. The first-order valence-corrected chi connectivity index (χ1v) is 14.7. The van der Waals surface area contributed by atoms with E-state index in [0.717, 1.165) is 5.39 Å². The third-order valence-electron chi connectivity index (χ3n) is 6.99. The fourth-order valence-corrected chi connectivity index (χ4v) is 6.28. The molecule has 2 amide bonds. The Hall–Kier alpha value is -2.77. The van der Waals surface area contributed by atoms with Gasteiger partial charge in [0.1, 0.15) is 18.2 Å². The number of hydrogen-bond acceptors (Lipinski definition) is 8. The van der Waals surface area contributed by atoms with Crippen molar-refractivity contribution >= 4 is 50.7 Å².